The maximum absolute atomic E-state index is 13.2. The van der Waals surface area contributed by atoms with Crippen molar-refractivity contribution in [2.24, 2.45) is 0 Å². The fourth-order valence-corrected chi connectivity index (χ4v) is 2.13. The standard InChI is InChI=1S/C13H18FNO2/c1-2-11-7-10(5-6-17-11)15-9-3-4-13(16)12(14)8-9/h3-4,8,10-11,15-16H,2,5-7H2,1H3. The van der Waals surface area contributed by atoms with Gasteiger partial charge in [0.05, 0.1) is 6.10 Å². The number of phenols is 1. The molecule has 2 unspecified atom stereocenters. The third-order valence-corrected chi connectivity index (χ3v) is 3.14. The maximum Gasteiger partial charge on any atom is 0.166 e. The first-order valence-corrected chi connectivity index (χ1v) is 6.05. The molecule has 17 heavy (non-hydrogen) atoms. The Labute approximate surface area is 101 Å². The average Bonchev–Trinajstić information content (AvgIpc) is 2.34. The number of phenolic OH excluding ortho intramolecular Hbond substituents is 1. The Hall–Kier alpha value is -1.29. The van der Waals surface area contributed by atoms with Crippen molar-refractivity contribution >= 4 is 5.69 Å². The summed E-state index contributed by atoms with van der Waals surface area (Å²) in [4.78, 5) is 0. The molecule has 1 aliphatic heterocycles. The van der Waals surface area contributed by atoms with Crippen LogP contribution in [0.4, 0.5) is 10.1 Å². The summed E-state index contributed by atoms with van der Waals surface area (Å²) in [5.41, 5.74) is 0.710. The predicted octanol–water partition coefficient (Wildman–Crippen LogP) is 2.90. The Morgan fingerprint density at radius 3 is 3.06 bits per heavy atom. The third-order valence-electron chi connectivity index (χ3n) is 3.14. The molecule has 2 rings (SSSR count). The number of rotatable bonds is 3. The Morgan fingerprint density at radius 2 is 2.35 bits per heavy atom. The van der Waals surface area contributed by atoms with Crippen molar-refractivity contribution in [3.05, 3.63) is 24.0 Å². The quantitative estimate of drug-likeness (QED) is 0.797. The summed E-state index contributed by atoms with van der Waals surface area (Å²) in [5.74, 6) is -0.900. The Bertz CT molecular complexity index is 384. The molecular weight excluding hydrogens is 221 g/mol. The lowest BCUT2D eigenvalue weighted by molar-refractivity contribution is 0.00925. The molecule has 2 N–H and O–H groups in total. The van der Waals surface area contributed by atoms with Gasteiger partial charge in [0.15, 0.2) is 11.6 Å². The normalized spacial score (nSPS) is 24.6. The van der Waals surface area contributed by atoms with Gasteiger partial charge < -0.3 is 15.2 Å². The molecule has 0 aliphatic carbocycles. The average molecular weight is 239 g/mol. The molecule has 94 valence electrons. The van der Waals surface area contributed by atoms with Gasteiger partial charge in [-0.25, -0.2) is 4.39 Å². The molecule has 1 fully saturated rings. The van der Waals surface area contributed by atoms with Gasteiger partial charge >= 0.3 is 0 Å². The molecule has 0 bridgehead atoms. The summed E-state index contributed by atoms with van der Waals surface area (Å²) in [7, 11) is 0. The Kier molecular flexibility index (Phi) is 3.84. The van der Waals surface area contributed by atoms with Gasteiger partial charge in [0.1, 0.15) is 0 Å². The highest BCUT2D eigenvalue weighted by Crippen LogP contribution is 2.23. The number of ether oxygens (including phenoxy) is 1. The van der Waals surface area contributed by atoms with Crippen LogP contribution < -0.4 is 5.32 Å². The number of aromatic hydroxyl groups is 1. The monoisotopic (exact) mass is 239 g/mol. The fourth-order valence-electron chi connectivity index (χ4n) is 2.13. The van der Waals surface area contributed by atoms with Gasteiger partial charge in [-0.1, -0.05) is 6.92 Å². The molecule has 1 aliphatic rings. The van der Waals surface area contributed by atoms with Gasteiger partial charge in [0.25, 0.3) is 0 Å². The van der Waals surface area contributed by atoms with Crippen LogP contribution in [-0.2, 0) is 4.74 Å². The molecule has 1 aromatic carbocycles. The van der Waals surface area contributed by atoms with E-state index in [1.165, 1.54) is 12.1 Å². The van der Waals surface area contributed by atoms with E-state index in [1.807, 2.05) is 0 Å². The zero-order valence-electron chi connectivity index (χ0n) is 9.95. The van der Waals surface area contributed by atoms with Crippen LogP contribution in [0.1, 0.15) is 26.2 Å². The first-order valence-electron chi connectivity index (χ1n) is 6.05. The second kappa shape index (κ2) is 5.36. The van der Waals surface area contributed by atoms with Gasteiger partial charge in [-0.15, -0.1) is 0 Å². The molecule has 0 aromatic heterocycles. The number of hydrogen-bond donors (Lipinski definition) is 2. The van der Waals surface area contributed by atoms with Crippen LogP contribution in [0, 0.1) is 5.82 Å². The topological polar surface area (TPSA) is 41.5 Å². The zero-order chi connectivity index (χ0) is 12.3. The lowest BCUT2D eigenvalue weighted by Crippen LogP contribution is -2.33. The van der Waals surface area contributed by atoms with Gasteiger partial charge in [-0.05, 0) is 31.4 Å². The van der Waals surface area contributed by atoms with Crippen molar-refractivity contribution < 1.29 is 14.2 Å². The van der Waals surface area contributed by atoms with Gasteiger partial charge in [-0.3, -0.25) is 0 Å². The lowest BCUT2D eigenvalue weighted by atomic mass is 10.0. The molecule has 2 atom stereocenters. The van der Waals surface area contributed by atoms with Gasteiger partial charge in [-0.2, -0.15) is 0 Å². The number of nitrogens with one attached hydrogen (secondary N) is 1. The zero-order valence-corrected chi connectivity index (χ0v) is 9.95. The molecule has 1 saturated heterocycles. The van der Waals surface area contributed by atoms with Crippen LogP contribution in [0.2, 0.25) is 0 Å². The summed E-state index contributed by atoms with van der Waals surface area (Å²) in [6.07, 6.45) is 3.17. The first kappa shape index (κ1) is 12.2. The number of benzene rings is 1. The molecule has 0 spiro atoms. The van der Waals surface area contributed by atoms with Crippen molar-refractivity contribution in [3.63, 3.8) is 0 Å². The molecule has 4 heteroatoms. The first-order chi connectivity index (χ1) is 8.19. The summed E-state index contributed by atoms with van der Waals surface area (Å²) in [6, 6.07) is 4.70. The van der Waals surface area contributed by atoms with E-state index < -0.39 is 5.82 Å². The van der Waals surface area contributed by atoms with E-state index in [0.717, 1.165) is 25.9 Å². The molecule has 3 nitrogen and oxygen atoms in total. The highest BCUT2D eigenvalue weighted by atomic mass is 19.1. The van der Waals surface area contributed by atoms with Crippen LogP contribution in [-0.4, -0.2) is 23.9 Å². The fraction of sp³-hybridized carbons (Fsp3) is 0.538. The minimum absolute atomic E-state index is 0.295. The minimum atomic E-state index is -0.589. The highest BCUT2D eigenvalue weighted by molar-refractivity contribution is 5.47. The summed E-state index contributed by atoms with van der Waals surface area (Å²) < 4.78 is 18.7. The van der Waals surface area contributed by atoms with Gasteiger partial charge in [0, 0.05) is 24.4 Å². The van der Waals surface area contributed by atoms with E-state index in [4.69, 9.17) is 9.84 Å². The Morgan fingerprint density at radius 1 is 1.53 bits per heavy atom. The molecule has 1 aromatic rings. The predicted molar refractivity (Wildman–Crippen MR) is 64.7 cm³/mol. The largest absolute Gasteiger partial charge is 0.505 e. The van der Waals surface area contributed by atoms with Gasteiger partial charge in [0.2, 0.25) is 0 Å². The van der Waals surface area contributed by atoms with Crippen LogP contribution in [0.5, 0.6) is 5.75 Å². The number of hydrogen-bond acceptors (Lipinski definition) is 3. The van der Waals surface area contributed by atoms with Crippen molar-refractivity contribution in [2.45, 2.75) is 38.3 Å². The van der Waals surface area contributed by atoms with Crippen molar-refractivity contribution in [1.29, 1.82) is 0 Å². The highest BCUT2D eigenvalue weighted by Gasteiger charge is 2.21. The lowest BCUT2D eigenvalue weighted by Gasteiger charge is -2.30. The van der Waals surface area contributed by atoms with Crippen molar-refractivity contribution in [2.75, 3.05) is 11.9 Å². The SMILES string of the molecule is CCC1CC(Nc2ccc(O)c(F)c2)CCO1. The van der Waals surface area contributed by atoms with E-state index in [-0.39, 0.29) is 5.75 Å². The minimum Gasteiger partial charge on any atom is -0.505 e. The Balaban J connectivity index is 1.97. The second-order valence-electron chi connectivity index (χ2n) is 4.43. The van der Waals surface area contributed by atoms with Crippen LogP contribution in [0.25, 0.3) is 0 Å². The van der Waals surface area contributed by atoms with E-state index in [1.54, 1.807) is 6.07 Å². The third kappa shape index (κ3) is 3.09. The van der Waals surface area contributed by atoms with E-state index in [0.29, 0.717) is 17.8 Å². The number of anilines is 1. The van der Waals surface area contributed by atoms with Crippen molar-refractivity contribution in [1.82, 2.24) is 0 Å². The maximum atomic E-state index is 13.2. The van der Waals surface area contributed by atoms with E-state index in [2.05, 4.69) is 12.2 Å². The second-order valence-corrected chi connectivity index (χ2v) is 4.43. The summed E-state index contributed by atoms with van der Waals surface area (Å²) in [6.45, 7) is 2.85. The van der Waals surface area contributed by atoms with E-state index in [9.17, 15) is 4.39 Å². The molecule has 0 radical (unpaired) electrons. The van der Waals surface area contributed by atoms with Crippen LogP contribution >= 0.6 is 0 Å². The summed E-state index contributed by atoms with van der Waals surface area (Å²) >= 11 is 0. The molecular formula is C13H18FNO2. The molecule has 0 amide bonds. The van der Waals surface area contributed by atoms with Crippen molar-refractivity contribution in [3.8, 4) is 5.75 Å². The summed E-state index contributed by atoms with van der Waals surface area (Å²) in [5, 5.41) is 12.4. The number of halogens is 1. The van der Waals surface area contributed by atoms with Crippen LogP contribution in [0.3, 0.4) is 0 Å². The molecule has 1 heterocycles. The molecule has 0 saturated carbocycles. The van der Waals surface area contributed by atoms with E-state index >= 15 is 0 Å². The van der Waals surface area contributed by atoms with Crippen LogP contribution in [0.15, 0.2) is 18.2 Å². The smallest absolute Gasteiger partial charge is 0.166 e.